The number of carbonyl (C=O) groups is 1. The smallest absolute Gasteiger partial charge is 0.239 e. The summed E-state index contributed by atoms with van der Waals surface area (Å²) in [6, 6.07) is 8.83. The minimum absolute atomic E-state index is 0.0276. The number of carbonyl (C=O) groups excluding carboxylic acids is 1. The fraction of sp³-hybridized carbons (Fsp3) is 0.308. The van der Waals surface area contributed by atoms with E-state index in [1.54, 1.807) is 0 Å². The minimum atomic E-state index is -0.567. The highest BCUT2D eigenvalue weighted by Gasteiger charge is 2.15. The van der Waals surface area contributed by atoms with Crippen molar-refractivity contribution in [3.8, 4) is 0 Å². The van der Waals surface area contributed by atoms with Crippen molar-refractivity contribution in [3.63, 3.8) is 0 Å². The van der Waals surface area contributed by atoms with Crippen molar-refractivity contribution in [3.05, 3.63) is 30.3 Å². The molecule has 8 N–H and O–H groups in total. The Morgan fingerprint density at radius 3 is 2.48 bits per heavy atom. The molecule has 0 spiro atoms. The van der Waals surface area contributed by atoms with Gasteiger partial charge in [0, 0.05) is 12.2 Å². The van der Waals surface area contributed by atoms with Crippen molar-refractivity contribution in [1.82, 2.24) is 5.32 Å². The SMILES string of the molecule is NC(=O)[C@H](CCCN=C(N)N)NC(=S)Nc1ccccc1. The third kappa shape index (κ3) is 7.11. The van der Waals surface area contributed by atoms with Crippen molar-refractivity contribution >= 4 is 34.9 Å². The monoisotopic (exact) mass is 308 g/mol. The summed E-state index contributed by atoms with van der Waals surface area (Å²) in [7, 11) is 0. The third-order valence-electron chi connectivity index (χ3n) is 2.63. The molecule has 7 nitrogen and oxygen atoms in total. The van der Waals surface area contributed by atoms with Gasteiger partial charge in [0.15, 0.2) is 11.1 Å². The quantitative estimate of drug-likeness (QED) is 0.206. The first kappa shape index (κ1) is 16.7. The van der Waals surface area contributed by atoms with Gasteiger partial charge in [0.05, 0.1) is 0 Å². The van der Waals surface area contributed by atoms with E-state index in [-0.39, 0.29) is 5.96 Å². The Hall–Kier alpha value is -2.35. The van der Waals surface area contributed by atoms with Gasteiger partial charge in [-0.25, -0.2) is 0 Å². The first-order valence-corrected chi connectivity index (χ1v) is 6.87. The lowest BCUT2D eigenvalue weighted by Crippen LogP contribution is -2.46. The molecule has 0 aliphatic carbocycles. The molecule has 0 bridgehead atoms. The van der Waals surface area contributed by atoms with Crippen LogP contribution in [0.25, 0.3) is 0 Å². The Morgan fingerprint density at radius 2 is 1.90 bits per heavy atom. The molecule has 21 heavy (non-hydrogen) atoms. The summed E-state index contributed by atoms with van der Waals surface area (Å²) in [5.41, 5.74) is 16.6. The van der Waals surface area contributed by atoms with Crippen molar-refractivity contribution in [1.29, 1.82) is 0 Å². The summed E-state index contributed by atoms with van der Waals surface area (Å²) >= 11 is 5.15. The highest BCUT2D eigenvalue weighted by atomic mass is 32.1. The standard InChI is InChI=1S/C13H20N6OS/c14-11(20)10(7-4-8-17-12(15)16)19-13(21)18-9-5-2-1-3-6-9/h1-3,5-6,10H,4,7-8H2,(H2,14,20)(H4,15,16,17)(H2,18,19,21)/t10-/m0/s1. The molecule has 0 heterocycles. The topological polar surface area (TPSA) is 132 Å². The van der Waals surface area contributed by atoms with Gasteiger partial charge in [-0.15, -0.1) is 0 Å². The fourth-order valence-corrected chi connectivity index (χ4v) is 1.90. The lowest BCUT2D eigenvalue weighted by atomic mass is 10.1. The summed E-state index contributed by atoms with van der Waals surface area (Å²) in [6.45, 7) is 0.437. The van der Waals surface area contributed by atoms with Gasteiger partial charge in [-0.2, -0.15) is 0 Å². The second-order valence-corrected chi connectivity index (χ2v) is 4.78. The second-order valence-electron chi connectivity index (χ2n) is 4.37. The maximum absolute atomic E-state index is 11.4. The predicted octanol–water partition coefficient (Wildman–Crippen LogP) is -0.119. The summed E-state index contributed by atoms with van der Waals surface area (Å²) < 4.78 is 0. The maximum Gasteiger partial charge on any atom is 0.239 e. The van der Waals surface area contributed by atoms with Crippen LogP contribution in [0.2, 0.25) is 0 Å². The summed E-state index contributed by atoms with van der Waals surface area (Å²) in [4.78, 5) is 15.2. The first-order valence-electron chi connectivity index (χ1n) is 6.46. The van der Waals surface area contributed by atoms with Gasteiger partial charge in [-0.1, -0.05) is 18.2 Å². The fourth-order valence-electron chi connectivity index (χ4n) is 1.64. The number of nitrogens with two attached hydrogens (primary N) is 3. The lowest BCUT2D eigenvalue weighted by Gasteiger charge is -2.17. The zero-order chi connectivity index (χ0) is 15.7. The van der Waals surface area contributed by atoms with Crippen LogP contribution in [-0.4, -0.2) is 29.6 Å². The van der Waals surface area contributed by atoms with Crippen LogP contribution in [0.5, 0.6) is 0 Å². The number of para-hydroxylation sites is 1. The average Bonchev–Trinajstić information content (AvgIpc) is 2.42. The van der Waals surface area contributed by atoms with E-state index in [2.05, 4.69) is 15.6 Å². The van der Waals surface area contributed by atoms with Gasteiger partial charge in [-0.3, -0.25) is 9.79 Å². The predicted molar refractivity (Wildman–Crippen MR) is 88.7 cm³/mol. The van der Waals surface area contributed by atoms with E-state index in [0.29, 0.717) is 24.5 Å². The van der Waals surface area contributed by atoms with Crippen molar-refractivity contribution in [2.45, 2.75) is 18.9 Å². The Morgan fingerprint density at radius 1 is 1.24 bits per heavy atom. The van der Waals surface area contributed by atoms with Crippen LogP contribution in [0.15, 0.2) is 35.3 Å². The van der Waals surface area contributed by atoms with Crippen LogP contribution in [0, 0.1) is 0 Å². The first-order chi connectivity index (χ1) is 9.99. The average molecular weight is 308 g/mol. The van der Waals surface area contributed by atoms with Crippen LogP contribution in [0.4, 0.5) is 5.69 Å². The number of hydrogen-bond acceptors (Lipinski definition) is 3. The molecule has 1 aromatic carbocycles. The molecule has 0 fully saturated rings. The molecule has 0 saturated heterocycles. The number of hydrogen-bond donors (Lipinski definition) is 5. The van der Waals surface area contributed by atoms with Gasteiger partial charge in [0.1, 0.15) is 6.04 Å². The van der Waals surface area contributed by atoms with Gasteiger partial charge in [0.25, 0.3) is 0 Å². The molecule has 1 atom stereocenters. The Bertz CT molecular complexity index is 501. The molecular weight excluding hydrogens is 288 g/mol. The van der Waals surface area contributed by atoms with Crippen molar-refractivity contribution in [2.24, 2.45) is 22.2 Å². The minimum Gasteiger partial charge on any atom is -0.370 e. The summed E-state index contributed by atoms with van der Waals surface area (Å²) in [5.74, 6) is -0.447. The van der Waals surface area contributed by atoms with Crippen molar-refractivity contribution in [2.75, 3.05) is 11.9 Å². The second kappa shape index (κ2) is 8.75. The number of rotatable bonds is 7. The number of benzene rings is 1. The van der Waals surface area contributed by atoms with Gasteiger partial charge in [0.2, 0.25) is 5.91 Å². The molecule has 1 aromatic rings. The van der Waals surface area contributed by atoms with Crippen LogP contribution in [0.1, 0.15) is 12.8 Å². The number of nitrogens with one attached hydrogen (secondary N) is 2. The van der Waals surface area contributed by atoms with Gasteiger partial charge >= 0.3 is 0 Å². The van der Waals surface area contributed by atoms with Crippen LogP contribution in [-0.2, 0) is 4.79 Å². The number of guanidine groups is 1. The molecule has 114 valence electrons. The molecule has 0 unspecified atom stereocenters. The van der Waals surface area contributed by atoms with Gasteiger partial charge in [-0.05, 0) is 37.2 Å². The zero-order valence-electron chi connectivity index (χ0n) is 11.6. The number of nitrogens with zero attached hydrogens (tertiary/aromatic N) is 1. The Kier molecular flexibility index (Phi) is 6.96. The van der Waals surface area contributed by atoms with E-state index >= 15 is 0 Å². The maximum atomic E-state index is 11.4. The molecule has 0 aliphatic heterocycles. The van der Waals surface area contributed by atoms with E-state index < -0.39 is 11.9 Å². The van der Waals surface area contributed by atoms with E-state index in [9.17, 15) is 4.79 Å². The molecular formula is C13H20N6OS. The van der Waals surface area contributed by atoms with Crippen LogP contribution < -0.4 is 27.8 Å². The number of aliphatic imine (C=N–C) groups is 1. The molecule has 0 aromatic heterocycles. The van der Waals surface area contributed by atoms with E-state index in [1.165, 1.54) is 0 Å². The molecule has 1 rings (SSSR count). The van der Waals surface area contributed by atoms with E-state index in [0.717, 1.165) is 5.69 Å². The summed E-state index contributed by atoms with van der Waals surface area (Å²) in [5, 5.41) is 6.21. The lowest BCUT2D eigenvalue weighted by molar-refractivity contribution is -0.119. The van der Waals surface area contributed by atoms with Crippen LogP contribution in [0.3, 0.4) is 0 Å². The zero-order valence-corrected chi connectivity index (χ0v) is 12.4. The molecule has 8 heteroatoms. The van der Waals surface area contributed by atoms with Crippen molar-refractivity contribution < 1.29 is 4.79 Å². The molecule has 0 saturated carbocycles. The summed E-state index contributed by atoms with van der Waals surface area (Å²) in [6.07, 6.45) is 1.11. The van der Waals surface area contributed by atoms with E-state index in [4.69, 9.17) is 29.4 Å². The van der Waals surface area contributed by atoms with Gasteiger partial charge < -0.3 is 27.8 Å². The third-order valence-corrected chi connectivity index (χ3v) is 2.85. The number of thiocarbonyl (C=S) groups is 1. The highest BCUT2D eigenvalue weighted by molar-refractivity contribution is 7.80. The molecule has 0 aliphatic rings. The normalized spacial score (nSPS) is 11.2. The number of anilines is 1. The highest BCUT2D eigenvalue weighted by Crippen LogP contribution is 2.05. The van der Waals surface area contributed by atoms with E-state index in [1.807, 2.05) is 30.3 Å². The number of amides is 1. The largest absolute Gasteiger partial charge is 0.370 e. The molecule has 0 radical (unpaired) electrons. The molecule has 1 amide bonds. The van der Waals surface area contributed by atoms with Crippen LogP contribution >= 0.6 is 12.2 Å². The Balaban J connectivity index is 2.44. The number of primary amides is 1. The Labute approximate surface area is 129 Å².